The van der Waals surface area contributed by atoms with E-state index < -0.39 is 11.8 Å². The van der Waals surface area contributed by atoms with Crippen molar-refractivity contribution in [2.75, 3.05) is 32.6 Å². The van der Waals surface area contributed by atoms with Crippen LogP contribution in [-0.4, -0.2) is 44.0 Å². The fraction of sp³-hybridized carbons (Fsp3) is 0.556. The molecule has 0 aliphatic rings. The van der Waals surface area contributed by atoms with Crippen LogP contribution in [0.1, 0.15) is 27.7 Å². The minimum absolute atomic E-state index is 0.265. The summed E-state index contributed by atoms with van der Waals surface area (Å²) in [5.74, 6) is -0.0266. The average molecular weight is 371 g/mol. The zero-order valence-electron chi connectivity index (χ0n) is 15.7. The molecule has 1 aromatic rings. The van der Waals surface area contributed by atoms with Crippen LogP contribution in [0.4, 0.5) is 5.69 Å². The van der Waals surface area contributed by atoms with Crippen LogP contribution in [0.2, 0.25) is 5.02 Å². The number of carbonyl (C=O) groups is 2. The summed E-state index contributed by atoms with van der Waals surface area (Å²) in [5.41, 5.74) is 0.330. The molecule has 0 radical (unpaired) electrons. The van der Waals surface area contributed by atoms with E-state index in [1.807, 2.05) is 27.7 Å². The van der Waals surface area contributed by atoms with Crippen molar-refractivity contribution in [2.24, 2.45) is 11.8 Å². The van der Waals surface area contributed by atoms with Gasteiger partial charge in [-0.1, -0.05) is 39.3 Å². The normalized spacial score (nSPS) is 10.8. The fourth-order valence-corrected chi connectivity index (χ4v) is 2.63. The van der Waals surface area contributed by atoms with Crippen LogP contribution in [0.15, 0.2) is 12.1 Å². The van der Waals surface area contributed by atoms with Crippen molar-refractivity contribution in [1.29, 1.82) is 0 Å². The highest BCUT2D eigenvalue weighted by atomic mass is 35.5. The molecular weight excluding hydrogens is 344 g/mol. The maximum absolute atomic E-state index is 12.6. The number of nitrogens with zero attached hydrogens (tertiary/aromatic N) is 1. The third-order valence-electron chi connectivity index (χ3n) is 3.37. The lowest BCUT2D eigenvalue weighted by molar-refractivity contribution is -0.143. The molecule has 2 amide bonds. The van der Waals surface area contributed by atoms with Gasteiger partial charge in [0.15, 0.2) is 0 Å². The molecule has 0 saturated carbocycles. The van der Waals surface area contributed by atoms with Gasteiger partial charge in [-0.15, -0.1) is 0 Å². The first-order valence-corrected chi connectivity index (χ1v) is 8.59. The van der Waals surface area contributed by atoms with E-state index in [-0.39, 0.29) is 11.8 Å². The van der Waals surface area contributed by atoms with Crippen molar-refractivity contribution in [3.63, 3.8) is 0 Å². The second kappa shape index (κ2) is 9.51. The summed E-state index contributed by atoms with van der Waals surface area (Å²) < 4.78 is 10.4. The molecular formula is C18H27ClN2O4. The Bertz CT molecular complexity index is 607. The zero-order valence-corrected chi connectivity index (χ0v) is 16.4. The second-order valence-electron chi connectivity index (χ2n) is 6.64. The Labute approximate surface area is 154 Å². The van der Waals surface area contributed by atoms with Gasteiger partial charge in [0.1, 0.15) is 11.5 Å². The first-order valence-electron chi connectivity index (χ1n) is 8.21. The van der Waals surface area contributed by atoms with Crippen molar-refractivity contribution in [3.8, 4) is 11.5 Å². The van der Waals surface area contributed by atoms with Gasteiger partial charge in [-0.05, 0) is 11.8 Å². The third kappa shape index (κ3) is 6.12. The fourth-order valence-electron chi connectivity index (χ4n) is 2.40. The summed E-state index contributed by atoms with van der Waals surface area (Å²) in [6.07, 6.45) is 0. The molecule has 140 valence electrons. The smallest absolute Gasteiger partial charge is 0.314 e. The molecule has 6 nitrogen and oxygen atoms in total. The number of rotatable bonds is 7. The van der Waals surface area contributed by atoms with Crippen LogP contribution in [0.3, 0.4) is 0 Å². The van der Waals surface area contributed by atoms with Crippen LogP contribution < -0.4 is 14.8 Å². The maximum atomic E-state index is 12.6. The number of amides is 2. The molecule has 7 heteroatoms. The van der Waals surface area contributed by atoms with Gasteiger partial charge in [-0.25, -0.2) is 0 Å². The second-order valence-corrected chi connectivity index (χ2v) is 7.05. The average Bonchev–Trinajstić information content (AvgIpc) is 2.53. The highest BCUT2D eigenvalue weighted by Crippen LogP contribution is 2.35. The van der Waals surface area contributed by atoms with Crippen molar-refractivity contribution < 1.29 is 19.1 Å². The Kier molecular flexibility index (Phi) is 8.03. The minimum atomic E-state index is -0.719. The minimum Gasteiger partial charge on any atom is -0.495 e. The summed E-state index contributed by atoms with van der Waals surface area (Å²) in [5, 5.41) is 2.95. The Balaban J connectivity index is 3.01. The lowest BCUT2D eigenvalue weighted by Crippen LogP contribution is -2.43. The first kappa shape index (κ1) is 21.1. The molecule has 0 aromatic heterocycles. The van der Waals surface area contributed by atoms with E-state index in [2.05, 4.69) is 5.32 Å². The monoisotopic (exact) mass is 370 g/mol. The van der Waals surface area contributed by atoms with Gasteiger partial charge in [-0.2, -0.15) is 0 Å². The topological polar surface area (TPSA) is 67.9 Å². The van der Waals surface area contributed by atoms with Crippen LogP contribution >= 0.6 is 11.6 Å². The van der Waals surface area contributed by atoms with E-state index in [4.69, 9.17) is 21.1 Å². The molecule has 1 N–H and O–H groups in total. The summed E-state index contributed by atoms with van der Waals surface area (Å²) in [6, 6.07) is 3.06. The number of hydrogen-bond acceptors (Lipinski definition) is 4. The molecule has 1 aromatic carbocycles. The van der Waals surface area contributed by atoms with Crippen LogP contribution in [0.5, 0.6) is 11.5 Å². The van der Waals surface area contributed by atoms with Gasteiger partial charge in [0.05, 0.1) is 24.9 Å². The molecule has 25 heavy (non-hydrogen) atoms. The number of hydrogen-bond donors (Lipinski definition) is 1. The first-order chi connectivity index (χ1) is 11.7. The molecule has 0 unspecified atom stereocenters. The Morgan fingerprint density at radius 2 is 1.56 bits per heavy atom. The SMILES string of the molecule is COc1cc(NC(=O)C(=O)N(CC(C)C)CC(C)C)c(OC)cc1Cl. The number of carbonyl (C=O) groups excluding carboxylic acids is 2. The summed E-state index contributed by atoms with van der Waals surface area (Å²) in [7, 11) is 2.93. The molecule has 0 aliphatic heterocycles. The highest BCUT2D eigenvalue weighted by molar-refractivity contribution is 6.40. The Morgan fingerprint density at radius 1 is 1.04 bits per heavy atom. The predicted molar refractivity (Wildman–Crippen MR) is 99.4 cm³/mol. The molecule has 0 aliphatic carbocycles. The quantitative estimate of drug-likeness (QED) is 0.746. The van der Waals surface area contributed by atoms with E-state index in [1.54, 1.807) is 4.90 Å². The molecule has 0 bridgehead atoms. The van der Waals surface area contributed by atoms with Crippen molar-refractivity contribution >= 4 is 29.1 Å². The number of ether oxygens (including phenoxy) is 2. The van der Waals surface area contributed by atoms with Crippen molar-refractivity contribution in [3.05, 3.63) is 17.2 Å². The highest BCUT2D eigenvalue weighted by Gasteiger charge is 2.24. The number of nitrogens with one attached hydrogen (secondary N) is 1. The van der Waals surface area contributed by atoms with Gasteiger partial charge in [0.2, 0.25) is 0 Å². The number of benzene rings is 1. The van der Waals surface area contributed by atoms with E-state index in [0.29, 0.717) is 35.3 Å². The van der Waals surface area contributed by atoms with Crippen LogP contribution in [0.25, 0.3) is 0 Å². The Morgan fingerprint density at radius 3 is 2.00 bits per heavy atom. The Hall–Kier alpha value is -1.95. The largest absolute Gasteiger partial charge is 0.495 e. The molecule has 0 saturated heterocycles. The van der Waals surface area contributed by atoms with Gasteiger partial charge < -0.3 is 19.7 Å². The predicted octanol–water partition coefficient (Wildman–Crippen LogP) is 3.44. The van der Waals surface area contributed by atoms with Gasteiger partial charge in [0.25, 0.3) is 0 Å². The molecule has 1 rings (SSSR count). The standard InChI is InChI=1S/C18H27ClN2O4/c1-11(2)9-21(10-12(3)4)18(23)17(22)20-14-8-15(24-5)13(19)7-16(14)25-6/h7-8,11-12H,9-10H2,1-6H3,(H,20,22). The molecule has 0 fully saturated rings. The van der Waals surface area contributed by atoms with Crippen LogP contribution in [0, 0.1) is 11.8 Å². The lowest BCUT2D eigenvalue weighted by atomic mass is 10.1. The van der Waals surface area contributed by atoms with Gasteiger partial charge in [0, 0.05) is 25.2 Å². The van der Waals surface area contributed by atoms with Crippen LogP contribution in [-0.2, 0) is 9.59 Å². The van der Waals surface area contributed by atoms with Crippen molar-refractivity contribution in [2.45, 2.75) is 27.7 Å². The molecule has 0 heterocycles. The zero-order chi connectivity index (χ0) is 19.1. The lowest BCUT2D eigenvalue weighted by Gasteiger charge is -2.26. The summed E-state index contributed by atoms with van der Waals surface area (Å²) in [6.45, 7) is 9.06. The molecule has 0 atom stereocenters. The maximum Gasteiger partial charge on any atom is 0.314 e. The third-order valence-corrected chi connectivity index (χ3v) is 3.67. The molecule has 0 spiro atoms. The number of anilines is 1. The van der Waals surface area contributed by atoms with E-state index in [1.165, 1.54) is 26.4 Å². The van der Waals surface area contributed by atoms with E-state index >= 15 is 0 Å². The summed E-state index contributed by atoms with van der Waals surface area (Å²) >= 11 is 6.05. The van der Waals surface area contributed by atoms with Gasteiger partial charge in [-0.3, -0.25) is 9.59 Å². The van der Waals surface area contributed by atoms with Crippen molar-refractivity contribution in [1.82, 2.24) is 4.90 Å². The summed E-state index contributed by atoms with van der Waals surface area (Å²) in [4.78, 5) is 26.6. The van der Waals surface area contributed by atoms with Gasteiger partial charge >= 0.3 is 11.8 Å². The number of methoxy groups -OCH3 is 2. The van der Waals surface area contributed by atoms with E-state index in [0.717, 1.165) is 0 Å². The van der Waals surface area contributed by atoms with E-state index in [9.17, 15) is 9.59 Å². The number of halogens is 1.